The topological polar surface area (TPSA) is 20.2 Å². The van der Waals surface area contributed by atoms with E-state index in [1.807, 2.05) is 48.6 Å². The molecule has 0 unspecified atom stereocenters. The number of phenols is 1. The van der Waals surface area contributed by atoms with E-state index in [-0.39, 0.29) is 0 Å². The van der Waals surface area contributed by atoms with Crippen LogP contribution in [-0.2, 0) is 6.42 Å². The summed E-state index contributed by atoms with van der Waals surface area (Å²) in [5, 5.41) is 9.90. The molecule has 1 heteroatoms. The maximum atomic E-state index is 9.90. The molecular formula is C18H20O. The van der Waals surface area contributed by atoms with Gasteiger partial charge >= 0.3 is 0 Å². The minimum Gasteiger partial charge on any atom is -0.507 e. The molecule has 98 valence electrons. The van der Waals surface area contributed by atoms with Crippen molar-refractivity contribution in [3.63, 3.8) is 0 Å². The van der Waals surface area contributed by atoms with Gasteiger partial charge in [-0.2, -0.15) is 0 Å². The van der Waals surface area contributed by atoms with Gasteiger partial charge < -0.3 is 5.11 Å². The third-order valence-corrected chi connectivity index (χ3v) is 2.99. The van der Waals surface area contributed by atoms with Gasteiger partial charge in [-0.15, -0.1) is 0 Å². The van der Waals surface area contributed by atoms with E-state index in [0.29, 0.717) is 11.7 Å². The van der Waals surface area contributed by atoms with Gasteiger partial charge in [0.05, 0.1) is 0 Å². The molecule has 0 spiro atoms. The minimum atomic E-state index is 0.333. The molecule has 1 nitrogen and oxygen atoms in total. The molecule has 0 saturated carbocycles. The van der Waals surface area contributed by atoms with Crippen molar-refractivity contribution in [1.29, 1.82) is 0 Å². The lowest BCUT2D eigenvalue weighted by atomic mass is 10.00. The Morgan fingerprint density at radius 1 is 1.00 bits per heavy atom. The van der Waals surface area contributed by atoms with Crippen LogP contribution in [0.15, 0.2) is 48.5 Å². The second kappa shape index (κ2) is 6.24. The van der Waals surface area contributed by atoms with E-state index in [9.17, 15) is 5.11 Å². The van der Waals surface area contributed by atoms with E-state index in [4.69, 9.17) is 0 Å². The molecule has 2 aromatic rings. The Balaban J connectivity index is 2.22. The molecule has 0 atom stereocenters. The summed E-state index contributed by atoms with van der Waals surface area (Å²) in [5.41, 5.74) is 3.28. The van der Waals surface area contributed by atoms with Crippen LogP contribution in [0.1, 0.15) is 30.5 Å². The molecule has 19 heavy (non-hydrogen) atoms. The van der Waals surface area contributed by atoms with E-state index in [1.54, 1.807) is 6.07 Å². The van der Waals surface area contributed by atoms with Crippen molar-refractivity contribution in [2.75, 3.05) is 0 Å². The number of phenolic OH excluding ortho intramolecular Hbond substituents is 1. The van der Waals surface area contributed by atoms with Gasteiger partial charge in [0.15, 0.2) is 0 Å². The van der Waals surface area contributed by atoms with E-state index in [0.717, 1.165) is 17.5 Å². The molecule has 0 amide bonds. The molecule has 0 radical (unpaired) electrons. The average Bonchev–Trinajstić information content (AvgIpc) is 2.40. The van der Waals surface area contributed by atoms with Crippen molar-refractivity contribution in [3.8, 4) is 5.75 Å². The predicted octanol–water partition coefficient (Wildman–Crippen LogP) is 4.76. The van der Waals surface area contributed by atoms with Crippen molar-refractivity contribution in [1.82, 2.24) is 0 Å². The molecule has 2 aromatic carbocycles. The predicted molar refractivity (Wildman–Crippen MR) is 82.0 cm³/mol. The van der Waals surface area contributed by atoms with Crippen LogP contribution in [0.3, 0.4) is 0 Å². The summed E-state index contributed by atoms with van der Waals surface area (Å²) in [6, 6.07) is 15.9. The summed E-state index contributed by atoms with van der Waals surface area (Å²) < 4.78 is 0. The van der Waals surface area contributed by atoms with Gasteiger partial charge in [-0.1, -0.05) is 62.4 Å². The Labute approximate surface area is 115 Å². The summed E-state index contributed by atoms with van der Waals surface area (Å²) in [6.07, 6.45) is 5.02. The molecule has 0 aliphatic carbocycles. The van der Waals surface area contributed by atoms with Crippen molar-refractivity contribution in [2.24, 2.45) is 5.92 Å². The molecule has 0 heterocycles. The van der Waals surface area contributed by atoms with Crippen LogP contribution in [-0.4, -0.2) is 5.11 Å². The van der Waals surface area contributed by atoms with Crippen LogP contribution in [0.4, 0.5) is 0 Å². The number of aromatic hydroxyl groups is 1. The van der Waals surface area contributed by atoms with Crippen molar-refractivity contribution < 1.29 is 5.11 Å². The zero-order valence-electron chi connectivity index (χ0n) is 11.5. The van der Waals surface area contributed by atoms with Gasteiger partial charge in [0, 0.05) is 5.56 Å². The molecule has 0 bridgehead atoms. The third-order valence-electron chi connectivity index (χ3n) is 2.99. The van der Waals surface area contributed by atoms with Gasteiger partial charge in [-0.3, -0.25) is 0 Å². The summed E-state index contributed by atoms with van der Waals surface area (Å²) in [4.78, 5) is 0. The van der Waals surface area contributed by atoms with E-state index < -0.39 is 0 Å². The molecule has 0 aliphatic rings. The van der Waals surface area contributed by atoms with Crippen LogP contribution in [0.25, 0.3) is 12.2 Å². The Bertz CT molecular complexity index is 553. The molecule has 2 rings (SSSR count). The SMILES string of the molecule is CC(C)Cc1ccc(O)c(C=Cc2ccccc2)c1. The third kappa shape index (κ3) is 3.99. The van der Waals surface area contributed by atoms with Gasteiger partial charge in [0.25, 0.3) is 0 Å². The molecule has 0 aromatic heterocycles. The maximum absolute atomic E-state index is 9.90. The highest BCUT2D eigenvalue weighted by atomic mass is 16.3. The van der Waals surface area contributed by atoms with E-state index in [2.05, 4.69) is 19.9 Å². The zero-order chi connectivity index (χ0) is 13.7. The van der Waals surface area contributed by atoms with Crippen molar-refractivity contribution in [3.05, 3.63) is 65.2 Å². The van der Waals surface area contributed by atoms with Crippen molar-refractivity contribution in [2.45, 2.75) is 20.3 Å². The lowest BCUT2D eigenvalue weighted by Crippen LogP contribution is -1.94. The van der Waals surface area contributed by atoms with Gasteiger partial charge in [-0.25, -0.2) is 0 Å². The Kier molecular flexibility index (Phi) is 4.40. The quantitative estimate of drug-likeness (QED) is 0.778. The van der Waals surface area contributed by atoms with E-state index in [1.165, 1.54) is 5.56 Å². The Morgan fingerprint density at radius 3 is 2.42 bits per heavy atom. The summed E-state index contributed by atoms with van der Waals surface area (Å²) in [7, 11) is 0. The second-order valence-corrected chi connectivity index (χ2v) is 5.24. The van der Waals surface area contributed by atoms with Crippen LogP contribution < -0.4 is 0 Å². The number of hydrogen-bond acceptors (Lipinski definition) is 1. The zero-order valence-corrected chi connectivity index (χ0v) is 11.5. The highest BCUT2D eigenvalue weighted by Crippen LogP contribution is 2.22. The highest BCUT2D eigenvalue weighted by molar-refractivity contribution is 5.72. The molecule has 0 aliphatic heterocycles. The normalized spacial score (nSPS) is 11.3. The molecular weight excluding hydrogens is 232 g/mol. The van der Waals surface area contributed by atoms with E-state index >= 15 is 0 Å². The fourth-order valence-electron chi connectivity index (χ4n) is 2.09. The van der Waals surface area contributed by atoms with Gasteiger partial charge in [-0.05, 0) is 35.6 Å². The second-order valence-electron chi connectivity index (χ2n) is 5.24. The molecule has 0 fully saturated rings. The van der Waals surface area contributed by atoms with Crippen LogP contribution in [0, 0.1) is 5.92 Å². The first-order chi connectivity index (χ1) is 9.15. The minimum absolute atomic E-state index is 0.333. The number of hydrogen-bond donors (Lipinski definition) is 1. The van der Waals surface area contributed by atoms with Gasteiger partial charge in [0.2, 0.25) is 0 Å². The monoisotopic (exact) mass is 252 g/mol. The fourth-order valence-corrected chi connectivity index (χ4v) is 2.09. The summed E-state index contributed by atoms with van der Waals surface area (Å²) in [6.45, 7) is 4.40. The number of rotatable bonds is 4. The van der Waals surface area contributed by atoms with Crippen LogP contribution >= 0.6 is 0 Å². The first-order valence-electron chi connectivity index (χ1n) is 6.70. The maximum Gasteiger partial charge on any atom is 0.122 e. The first kappa shape index (κ1) is 13.4. The smallest absolute Gasteiger partial charge is 0.122 e. The van der Waals surface area contributed by atoms with Crippen LogP contribution in [0.2, 0.25) is 0 Å². The largest absolute Gasteiger partial charge is 0.507 e. The molecule has 0 saturated heterocycles. The van der Waals surface area contributed by atoms with Crippen LogP contribution in [0.5, 0.6) is 5.75 Å². The highest BCUT2D eigenvalue weighted by Gasteiger charge is 2.02. The fraction of sp³-hybridized carbons (Fsp3) is 0.222. The standard InChI is InChI=1S/C18H20O/c1-14(2)12-16-9-11-18(19)17(13-16)10-8-15-6-4-3-5-7-15/h3-11,13-14,19H,12H2,1-2H3. The summed E-state index contributed by atoms with van der Waals surface area (Å²) in [5.74, 6) is 0.954. The lowest BCUT2D eigenvalue weighted by Gasteiger charge is -2.07. The summed E-state index contributed by atoms with van der Waals surface area (Å²) >= 11 is 0. The Morgan fingerprint density at radius 2 is 1.74 bits per heavy atom. The number of benzene rings is 2. The first-order valence-corrected chi connectivity index (χ1v) is 6.70. The lowest BCUT2D eigenvalue weighted by molar-refractivity contribution is 0.473. The van der Waals surface area contributed by atoms with Gasteiger partial charge in [0.1, 0.15) is 5.75 Å². The Hall–Kier alpha value is -2.02. The molecule has 1 N–H and O–H groups in total. The van der Waals surface area contributed by atoms with Crippen molar-refractivity contribution >= 4 is 12.2 Å². The average molecular weight is 252 g/mol.